The van der Waals surface area contributed by atoms with E-state index in [1.54, 1.807) is 24.3 Å². The van der Waals surface area contributed by atoms with E-state index in [1.807, 2.05) is 6.07 Å². The highest BCUT2D eigenvalue weighted by Gasteiger charge is 2.20. The lowest BCUT2D eigenvalue weighted by molar-refractivity contribution is 0.259. The van der Waals surface area contributed by atoms with Crippen molar-refractivity contribution in [2.75, 3.05) is 6.61 Å². The Hall–Kier alpha value is -1.70. The van der Waals surface area contributed by atoms with Gasteiger partial charge in [0.2, 0.25) is 10.0 Å². The van der Waals surface area contributed by atoms with Gasteiger partial charge in [-0.05, 0) is 5.56 Å². The second kappa shape index (κ2) is 5.96. The number of rotatable bonds is 6. The summed E-state index contributed by atoms with van der Waals surface area (Å²) in [5, 5.41) is 12.9. The molecule has 2 rings (SSSR count). The molecule has 0 unspecified atom stereocenters. The van der Waals surface area contributed by atoms with Gasteiger partial charge in [-0.2, -0.15) is 0 Å². The van der Waals surface area contributed by atoms with Gasteiger partial charge >= 0.3 is 0 Å². The maximum absolute atomic E-state index is 11.9. The van der Waals surface area contributed by atoms with Gasteiger partial charge in [-0.3, -0.25) is 0 Å². The third kappa shape index (κ3) is 3.88. The van der Waals surface area contributed by atoms with Gasteiger partial charge in [-0.25, -0.2) is 13.1 Å². The van der Waals surface area contributed by atoms with Gasteiger partial charge in [0.1, 0.15) is 12.0 Å². The van der Waals surface area contributed by atoms with Crippen LogP contribution in [0, 0.1) is 0 Å². The summed E-state index contributed by atoms with van der Waals surface area (Å²) in [7, 11) is -3.60. The van der Waals surface area contributed by atoms with Gasteiger partial charge in [-0.1, -0.05) is 35.5 Å². The van der Waals surface area contributed by atoms with Crippen molar-refractivity contribution >= 4 is 10.0 Å². The predicted molar refractivity (Wildman–Crippen MR) is 68.5 cm³/mol. The Morgan fingerprint density at radius 3 is 2.58 bits per heavy atom. The zero-order valence-corrected chi connectivity index (χ0v) is 10.9. The maximum Gasteiger partial charge on any atom is 0.218 e. The summed E-state index contributed by atoms with van der Waals surface area (Å²) in [6.07, 6.45) is 1.31. The summed E-state index contributed by atoms with van der Waals surface area (Å²) in [5.74, 6) is -0.285. The molecule has 0 radical (unpaired) electrons. The first-order valence-corrected chi connectivity index (χ1v) is 7.31. The molecule has 102 valence electrons. The molecule has 0 bridgehead atoms. The molecule has 0 spiro atoms. The predicted octanol–water partition coefficient (Wildman–Crippen LogP) is 0.828. The Bertz CT molecular complexity index is 596. The van der Waals surface area contributed by atoms with Crippen LogP contribution >= 0.6 is 0 Å². The number of aliphatic hydroxyl groups excluding tert-OH is 1. The standard InChI is InChI=1S/C12H14N2O4S/c15-8-12(10-4-2-1-3-5-10)14-19(16,17)9-11-6-7-18-13-11/h1-7,12,14-15H,8-9H2/t12-/m1/s1. The Kier molecular flexibility index (Phi) is 4.31. The summed E-state index contributed by atoms with van der Waals surface area (Å²) >= 11 is 0. The number of aromatic nitrogens is 1. The second-order valence-electron chi connectivity index (χ2n) is 4.01. The molecule has 0 aliphatic rings. The lowest BCUT2D eigenvalue weighted by Crippen LogP contribution is -2.31. The molecule has 1 aromatic heterocycles. The summed E-state index contributed by atoms with van der Waals surface area (Å²) in [6.45, 7) is -0.317. The van der Waals surface area contributed by atoms with Crippen molar-refractivity contribution in [2.45, 2.75) is 11.8 Å². The number of sulfonamides is 1. The van der Waals surface area contributed by atoms with Crippen LogP contribution in [0.2, 0.25) is 0 Å². The van der Waals surface area contributed by atoms with Crippen molar-refractivity contribution in [1.29, 1.82) is 0 Å². The second-order valence-corrected chi connectivity index (χ2v) is 5.77. The van der Waals surface area contributed by atoms with Crippen LogP contribution in [-0.4, -0.2) is 25.3 Å². The summed E-state index contributed by atoms with van der Waals surface area (Å²) in [4.78, 5) is 0. The lowest BCUT2D eigenvalue weighted by Gasteiger charge is -2.16. The van der Waals surface area contributed by atoms with Crippen LogP contribution in [0.15, 0.2) is 47.2 Å². The van der Waals surface area contributed by atoms with Crippen LogP contribution in [0.25, 0.3) is 0 Å². The summed E-state index contributed by atoms with van der Waals surface area (Å²) in [6, 6.07) is 9.70. The fourth-order valence-electron chi connectivity index (χ4n) is 1.66. The van der Waals surface area contributed by atoms with Crippen molar-refractivity contribution in [3.8, 4) is 0 Å². The molecule has 0 saturated heterocycles. The third-order valence-corrected chi connectivity index (χ3v) is 3.85. The Morgan fingerprint density at radius 1 is 1.26 bits per heavy atom. The van der Waals surface area contributed by atoms with Gasteiger partial charge < -0.3 is 9.63 Å². The number of benzene rings is 1. The zero-order valence-electron chi connectivity index (χ0n) is 10.1. The van der Waals surface area contributed by atoms with E-state index in [2.05, 4.69) is 14.4 Å². The van der Waals surface area contributed by atoms with Gasteiger partial charge in [0, 0.05) is 6.07 Å². The van der Waals surface area contributed by atoms with Crippen LogP contribution in [0.5, 0.6) is 0 Å². The minimum atomic E-state index is -3.60. The molecular formula is C12H14N2O4S. The fourth-order valence-corrected chi connectivity index (χ4v) is 2.93. The average Bonchev–Trinajstić information content (AvgIpc) is 2.89. The Balaban J connectivity index is 2.10. The molecule has 0 fully saturated rings. The smallest absolute Gasteiger partial charge is 0.218 e. The SMILES string of the molecule is O=S(=O)(Cc1ccon1)N[C@H](CO)c1ccccc1. The highest BCUT2D eigenvalue weighted by atomic mass is 32.2. The van der Waals surface area contributed by atoms with E-state index in [4.69, 9.17) is 0 Å². The monoisotopic (exact) mass is 282 g/mol. The fraction of sp³-hybridized carbons (Fsp3) is 0.250. The van der Waals surface area contributed by atoms with E-state index in [0.29, 0.717) is 11.3 Å². The van der Waals surface area contributed by atoms with Crippen LogP contribution < -0.4 is 4.72 Å². The van der Waals surface area contributed by atoms with E-state index < -0.39 is 16.1 Å². The van der Waals surface area contributed by atoms with Crippen molar-refractivity contribution in [3.05, 3.63) is 53.9 Å². The molecule has 1 atom stereocenters. The van der Waals surface area contributed by atoms with Crippen LogP contribution in [0.3, 0.4) is 0 Å². The van der Waals surface area contributed by atoms with E-state index >= 15 is 0 Å². The van der Waals surface area contributed by atoms with Crippen LogP contribution in [0.1, 0.15) is 17.3 Å². The van der Waals surface area contributed by atoms with E-state index in [-0.39, 0.29) is 12.4 Å². The molecule has 0 aliphatic heterocycles. The quantitative estimate of drug-likeness (QED) is 0.818. The van der Waals surface area contributed by atoms with Crippen molar-refractivity contribution in [1.82, 2.24) is 9.88 Å². The van der Waals surface area contributed by atoms with E-state index in [9.17, 15) is 13.5 Å². The molecule has 0 aliphatic carbocycles. The van der Waals surface area contributed by atoms with Crippen LogP contribution in [0.4, 0.5) is 0 Å². The molecule has 1 aromatic carbocycles. The van der Waals surface area contributed by atoms with E-state index in [1.165, 1.54) is 12.3 Å². The molecule has 7 heteroatoms. The Morgan fingerprint density at radius 2 is 2.00 bits per heavy atom. The maximum atomic E-state index is 11.9. The minimum Gasteiger partial charge on any atom is -0.394 e. The molecule has 0 saturated carbocycles. The molecule has 2 N–H and O–H groups in total. The lowest BCUT2D eigenvalue weighted by atomic mass is 10.1. The van der Waals surface area contributed by atoms with Gasteiger partial charge in [0.05, 0.1) is 18.3 Å². The zero-order chi connectivity index (χ0) is 13.7. The molecule has 19 heavy (non-hydrogen) atoms. The van der Waals surface area contributed by atoms with Gasteiger partial charge in [0.15, 0.2) is 0 Å². The largest absolute Gasteiger partial charge is 0.394 e. The topological polar surface area (TPSA) is 92.4 Å². The first kappa shape index (κ1) is 13.7. The van der Waals surface area contributed by atoms with Gasteiger partial charge in [0.25, 0.3) is 0 Å². The highest BCUT2D eigenvalue weighted by Crippen LogP contribution is 2.14. The number of nitrogens with zero attached hydrogens (tertiary/aromatic N) is 1. The van der Waals surface area contributed by atoms with Crippen molar-refractivity contribution < 1.29 is 18.0 Å². The number of hydrogen-bond acceptors (Lipinski definition) is 5. The third-order valence-electron chi connectivity index (χ3n) is 2.54. The normalized spacial score (nSPS) is 13.3. The Labute approximate surface area is 111 Å². The van der Waals surface area contributed by atoms with Crippen LogP contribution in [-0.2, 0) is 15.8 Å². The first-order chi connectivity index (χ1) is 9.11. The number of nitrogens with one attached hydrogen (secondary N) is 1. The average molecular weight is 282 g/mol. The molecule has 1 heterocycles. The van der Waals surface area contributed by atoms with Crippen molar-refractivity contribution in [2.24, 2.45) is 0 Å². The molecular weight excluding hydrogens is 268 g/mol. The summed E-state index contributed by atoms with van der Waals surface area (Å²) in [5.41, 5.74) is 1.02. The number of aliphatic hydroxyl groups is 1. The first-order valence-electron chi connectivity index (χ1n) is 5.66. The van der Waals surface area contributed by atoms with E-state index in [0.717, 1.165) is 0 Å². The minimum absolute atomic E-state index is 0.285. The van der Waals surface area contributed by atoms with Crippen molar-refractivity contribution in [3.63, 3.8) is 0 Å². The summed E-state index contributed by atoms with van der Waals surface area (Å²) < 4.78 is 30.9. The molecule has 6 nitrogen and oxygen atoms in total. The molecule has 2 aromatic rings. The number of hydrogen-bond donors (Lipinski definition) is 2. The van der Waals surface area contributed by atoms with Gasteiger partial charge in [-0.15, -0.1) is 0 Å². The molecule has 0 amide bonds. The highest BCUT2D eigenvalue weighted by molar-refractivity contribution is 7.88.